The minimum Gasteiger partial charge on any atom is -0.388 e. The molecule has 0 amide bonds. The monoisotopic (exact) mass is 218 g/mol. The molecule has 1 atom stereocenters. The largest absolute Gasteiger partial charge is 0.388 e. The molecule has 1 rings (SSSR count). The average Bonchev–Trinajstić information content (AvgIpc) is 2.28. The summed E-state index contributed by atoms with van der Waals surface area (Å²) in [5.41, 5.74) is 3.39. The van der Waals surface area contributed by atoms with Gasteiger partial charge in [0, 0.05) is 0 Å². The number of hydrogen-bond acceptors (Lipinski definition) is 1. The zero-order chi connectivity index (χ0) is 12.1. The van der Waals surface area contributed by atoms with E-state index in [1.165, 1.54) is 5.56 Å². The highest BCUT2D eigenvalue weighted by Crippen LogP contribution is 2.23. The van der Waals surface area contributed by atoms with E-state index in [-0.39, 0.29) is 0 Å². The second-order valence-corrected chi connectivity index (χ2v) is 4.64. The molecule has 16 heavy (non-hydrogen) atoms. The molecule has 0 saturated heterocycles. The van der Waals surface area contributed by atoms with Gasteiger partial charge in [-0.15, -0.1) is 0 Å². The number of aliphatic hydroxyl groups is 1. The maximum Gasteiger partial charge on any atom is 0.0827 e. The van der Waals surface area contributed by atoms with Crippen molar-refractivity contribution in [1.82, 2.24) is 0 Å². The molecule has 0 bridgehead atoms. The summed E-state index contributed by atoms with van der Waals surface area (Å²) in [6.07, 6.45) is 1.19. The van der Waals surface area contributed by atoms with Gasteiger partial charge < -0.3 is 5.11 Å². The summed E-state index contributed by atoms with van der Waals surface area (Å²) in [7, 11) is 0. The molecule has 1 aromatic rings. The van der Waals surface area contributed by atoms with Gasteiger partial charge in [-0.3, -0.25) is 0 Å². The van der Waals surface area contributed by atoms with E-state index in [0.717, 1.165) is 17.6 Å². The van der Waals surface area contributed by atoms with Gasteiger partial charge in [-0.1, -0.05) is 57.2 Å². The predicted molar refractivity (Wildman–Crippen MR) is 69.5 cm³/mol. The Hall–Kier alpha value is -1.08. The summed E-state index contributed by atoms with van der Waals surface area (Å²) in [5, 5.41) is 9.99. The van der Waals surface area contributed by atoms with Crippen LogP contribution in [0.25, 0.3) is 0 Å². The minimum atomic E-state index is -0.409. The van der Waals surface area contributed by atoms with Gasteiger partial charge in [0.25, 0.3) is 0 Å². The Balaban J connectivity index is 2.70. The summed E-state index contributed by atoms with van der Waals surface area (Å²) in [6.45, 7) is 10.3. The summed E-state index contributed by atoms with van der Waals surface area (Å²) in [4.78, 5) is 0. The third-order valence-electron chi connectivity index (χ3n) is 2.97. The fourth-order valence-corrected chi connectivity index (χ4v) is 1.64. The van der Waals surface area contributed by atoms with Gasteiger partial charge in [0.1, 0.15) is 0 Å². The van der Waals surface area contributed by atoms with Crippen LogP contribution >= 0.6 is 0 Å². The van der Waals surface area contributed by atoms with Crippen molar-refractivity contribution in [1.29, 1.82) is 0 Å². The van der Waals surface area contributed by atoms with E-state index < -0.39 is 6.10 Å². The number of aliphatic hydroxyl groups excluding tert-OH is 1. The summed E-state index contributed by atoms with van der Waals surface area (Å²) in [6, 6.07) is 8.22. The quantitative estimate of drug-likeness (QED) is 0.734. The molecule has 1 nitrogen and oxygen atoms in total. The van der Waals surface area contributed by atoms with E-state index >= 15 is 0 Å². The van der Waals surface area contributed by atoms with Crippen LogP contribution in [0.15, 0.2) is 36.4 Å². The van der Waals surface area contributed by atoms with E-state index in [1.54, 1.807) is 0 Å². The molecule has 0 aliphatic heterocycles. The molecule has 0 spiro atoms. The van der Waals surface area contributed by atoms with E-state index in [0.29, 0.717) is 12.3 Å². The van der Waals surface area contributed by atoms with Gasteiger partial charge in [0.15, 0.2) is 0 Å². The molecule has 1 aromatic carbocycles. The first-order valence-corrected chi connectivity index (χ1v) is 5.99. The Morgan fingerprint density at radius 2 is 1.69 bits per heavy atom. The summed E-state index contributed by atoms with van der Waals surface area (Å²) < 4.78 is 0. The Bertz CT molecular complexity index is 335. The predicted octanol–water partition coefficient (Wildman–Crippen LogP) is 4.20. The van der Waals surface area contributed by atoms with Crippen LogP contribution in [0.5, 0.6) is 0 Å². The van der Waals surface area contributed by atoms with Gasteiger partial charge in [0.05, 0.1) is 6.10 Å². The van der Waals surface area contributed by atoms with E-state index in [1.807, 2.05) is 12.1 Å². The highest BCUT2D eigenvalue weighted by Gasteiger charge is 2.08. The van der Waals surface area contributed by atoms with Crippen LogP contribution in [0, 0.1) is 0 Å². The maximum atomic E-state index is 9.99. The zero-order valence-corrected chi connectivity index (χ0v) is 10.5. The van der Waals surface area contributed by atoms with Crippen LogP contribution in [-0.4, -0.2) is 5.11 Å². The number of rotatable bonds is 5. The third kappa shape index (κ3) is 3.49. The molecule has 0 heterocycles. The molecule has 0 aromatic heterocycles. The Morgan fingerprint density at radius 3 is 2.12 bits per heavy atom. The van der Waals surface area contributed by atoms with Gasteiger partial charge in [-0.2, -0.15) is 0 Å². The second-order valence-electron chi connectivity index (χ2n) is 4.64. The average molecular weight is 218 g/mol. The lowest BCUT2D eigenvalue weighted by Gasteiger charge is -2.13. The Morgan fingerprint density at radius 1 is 1.19 bits per heavy atom. The first kappa shape index (κ1) is 13.0. The van der Waals surface area contributed by atoms with Crippen molar-refractivity contribution in [2.45, 2.75) is 45.6 Å². The zero-order valence-electron chi connectivity index (χ0n) is 10.5. The fourth-order valence-electron chi connectivity index (χ4n) is 1.64. The van der Waals surface area contributed by atoms with Crippen LogP contribution in [0.4, 0.5) is 0 Å². The topological polar surface area (TPSA) is 20.2 Å². The van der Waals surface area contributed by atoms with Crippen molar-refractivity contribution in [3.05, 3.63) is 47.5 Å². The van der Waals surface area contributed by atoms with Crippen LogP contribution in [0.2, 0.25) is 0 Å². The Labute approximate surface area is 98.8 Å². The molecule has 1 heteroatoms. The minimum absolute atomic E-state index is 0.409. The standard InChI is InChI=1S/C15H22O/c1-5-12(4)10-15(16)14-8-6-13(7-9-14)11(2)3/h6-9,11,15-16H,4-5,10H2,1-3H3. The van der Waals surface area contributed by atoms with Gasteiger partial charge in [0.2, 0.25) is 0 Å². The van der Waals surface area contributed by atoms with E-state index in [4.69, 9.17) is 0 Å². The third-order valence-corrected chi connectivity index (χ3v) is 2.97. The number of hydrogen-bond donors (Lipinski definition) is 1. The van der Waals surface area contributed by atoms with E-state index in [9.17, 15) is 5.11 Å². The first-order valence-electron chi connectivity index (χ1n) is 5.99. The van der Waals surface area contributed by atoms with E-state index in [2.05, 4.69) is 39.5 Å². The van der Waals surface area contributed by atoms with Gasteiger partial charge in [-0.25, -0.2) is 0 Å². The van der Waals surface area contributed by atoms with Crippen LogP contribution in [0.1, 0.15) is 56.8 Å². The van der Waals surface area contributed by atoms with Crippen LogP contribution in [-0.2, 0) is 0 Å². The second kappa shape index (κ2) is 5.86. The summed E-state index contributed by atoms with van der Waals surface area (Å²) in [5.74, 6) is 0.539. The normalized spacial score (nSPS) is 12.8. The molecule has 88 valence electrons. The highest BCUT2D eigenvalue weighted by atomic mass is 16.3. The van der Waals surface area contributed by atoms with Crippen LogP contribution in [0.3, 0.4) is 0 Å². The SMILES string of the molecule is C=C(CC)CC(O)c1ccc(C(C)C)cc1. The molecule has 1 N–H and O–H groups in total. The Kier molecular flexibility index (Phi) is 4.75. The van der Waals surface area contributed by atoms with Crippen molar-refractivity contribution < 1.29 is 5.11 Å². The lowest BCUT2D eigenvalue weighted by atomic mass is 9.97. The molecule has 0 aliphatic rings. The lowest BCUT2D eigenvalue weighted by Crippen LogP contribution is -1.99. The lowest BCUT2D eigenvalue weighted by molar-refractivity contribution is 0.177. The van der Waals surface area contributed by atoms with Crippen molar-refractivity contribution in [3.63, 3.8) is 0 Å². The van der Waals surface area contributed by atoms with Crippen molar-refractivity contribution in [2.75, 3.05) is 0 Å². The van der Waals surface area contributed by atoms with Gasteiger partial charge in [-0.05, 0) is 29.9 Å². The van der Waals surface area contributed by atoms with Crippen molar-refractivity contribution >= 4 is 0 Å². The van der Waals surface area contributed by atoms with Gasteiger partial charge >= 0.3 is 0 Å². The molecule has 1 unspecified atom stereocenters. The smallest absolute Gasteiger partial charge is 0.0827 e. The molecule has 0 aliphatic carbocycles. The first-order chi connectivity index (χ1) is 7.54. The van der Waals surface area contributed by atoms with Crippen molar-refractivity contribution in [2.24, 2.45) is 0 Å². The van der Waals surface area contributed by atoms with Crippen molar-refractivity contribution in [3.8, 4) is 0 Å². The van der Waals surface area contributed by atoms with Crippen LogP contribution < -0.4 is 0 Å². The molecule has 0 saturated carbocycles. The number of benzene rings is 1. The molecular formula is C15H22O. The summed E-state index contributed by atoms with van der Waals surface area (Å²) >= 11 is 0. The maximum absolute atomic E-state index is 9.99. The molecule has 0 fully saturated rings. The highest BCUT2D eigenvalue weighted by molar-refractivity contribution is 5.26. The molecular weight excluding hydrogens is 196 g/mol. The fraction of sp³-hybridized carbons (Fsp3) is 0.467. The molecule has 0 radical (unpaired) electrons.